The maximum absolute atomic E-state index is 11.6. The standard InChI is InChI=1S/C14H27NO4S/c1-13(2,3)7-8-20-9-10(11(16)17)15-12(18)19-14(4,5)6/h10H,7-9H2,1-6H3,(H,15,18)(H,16,17). The summed E-state index contributed by atoms with van der Waals surface area (Å²) in [6.45, 7) is 11.6. The van der Waals surface area contributed by atoms with E-state index in [-0.39, 0.29) is 5.41 Å². The lowest BCUT2D eigenvalue weighted by Crippen LogP contribution is -2.45. The second-order valence-corrected chi connectivity index (χ2v) is 8.07. The summed E-state index contributed by atoms with van der Waals surface area (Å²) in [5.74, 6) is 0.160. The molecule has 2 N–H and O–H groups in total. The average molecular weight is 305 g/mol. The number of carbonyl (C=O) groups excluding carboxylic acids is 1. The second-order valence-electron chi connectivity index (χ2n) is 6.92. The summed E-state index contributed by atoms with van der Waals surface area (Å²) in [6.07, 6.45) is 0.303. The zero-order chi connectivity index (χ0) is 16.0. The van der Waals surface area contributed by atoms with Gasteiger partial charge in [0.1, 0.15) is 11.6 Å². The molecule has 0 spiro atoms. The minimum absolute atomic E-state index is 0.227. The number of rotatable bonds is 6. The molecule has 0 fully saturated rings. The first-order valence-corrected chi connectivity index (χ1v) is 7.86. The Hall–Kier alpha value is -0.910. The van der Waals surface area contributed by atoms with Gasteiger partial charge in [-0.3, -0.25) is 0 Å². The predicted molar refractivity (Wildman–Crippen MR) is 82.2 cm³/mol. The Morgan fingerprint density at radius 1 is 1.20 bits per heavy atom. The lowest BCUT2D eigenvalue weighted by molar-refractivity contribution is -0.138. The molecule has 1 atom stereocenters. The molecule has 0 aromatic carbocycles. The molecule has 0 bridgehead atoms. The molecule has 6 heteroatoms. The van der Waals surface area contributed by atoms with E-state index >= 15 is 0 Å². The predicted octanol–water partition coefficient (Wildman–Crippen LogP) is 3.13. The van der Waals surface area contributed by atoms with Gasteiger partial charge in [0.05, 0.1) is 0 Å². The van der Waals surface area contributed by atoms with Crippen molar-refractivity contribution in [1.29, 1.82) is 0 Å². The van der Waals surface area contributed by atoms with Gasteiger partial charge >= 0.3 is 12.1 Å². The van der Waals surface area contributed by atoms with Gasteiger partial charge in [-0.15, -0.1) is 0 Å². The highest BCUT2D eigenvalue weighted by atomic mass is 32.2. The lowest BCUT2D eigenvalue weighted by atomic mass is 9.94. The number of thioether (sulfide) groups is 1. The average Bonchev–Trinajstić information content (AvgIpc) is 2.17. The summed E-state index contributed by atoms with van der Waals surface area (Å²) in [5, 5.41) is 11.5. The van der Waals surface area contributed by atoms with E-state index in [9.17, 15) is 9.59 Å². The minimum atomic E-state index is -1.04. The van der Waals surface area contributed by atoms with E-state index in [4.69, 9.17) is 9.84 Å². The molecule has 1 amide bonds. The van der Waals surface area contributed by atoms with Gasteiger partial charge < -0.3 is 15.2 Å². The van der Waals surface area contributed by atoms with Crippen molar-refractivity contribution in [2.45, 2.75) is 59.6 Å². The van der Waals surface area contributed by atoms with Crippen molar-refractivity contribution in [1.82, 2.24) is 5.32 Å². The molecule has 0 aliphatic rings. The SMILES string of the molecule is CC(C)(C)CCSCC(NC(=O)OC(C)(C)C)C(=O)O. The third kappa shape index (κ3) is 11.0. The minimum Gasteiger partial charge on any atom is -0.480 e. The van der Waals surface area contributed by atoms with Crippen LogP contribution >= 0.6 is 11.8 Å². The maximum atomic E-state index is 11.6. The first-order chi connectivity index (χ1) is 8.91. The highest BCUT2D eigenvalue weighted by Crippen LogP contribution is 2.21. The van der Waals surface area contributed by atoms with Gasteiger partial charge in [-0.2, -0.15) is 11.8 Å². The highest BCUT2D eigenvalue weighted by molar-refractivity contribution is 7.99. The third-order valence-corrected chi connectivity index (χ3v) is 3.33. The number of carbonyl (C=O) groups is 2. The number of hydrogen-bond donors (Lipinski definition) is 2. The van der Waals surface area contributed by atoms with Crippen LogP contribution in [0.1, 0.15) is 48.0 Å². The van der Waals surface area contributed by atoms with Gasteiger partial charge in [0, 0.05) is 5.75 Å². The highest BCUT2D eigenvalue weighted by Gasteiger charge is 2.24. The molecule has 0 radical (unpaired) electrons. The van der Waals surface area contributed by atoms with Gasteiger partial charge in [-0.05, 0) is 38.4 Å². The van der Waals surface area contributed by atoms with Crippen LogP contribution in [-0.4, -0.2) is 40.3 Å². The molecule has 0 aromatic rings. The number of alkyl carbamates (subject to hydrolysis) is 1. The Bertz CT molecular complexity index is 331. The smallest absolute Gasteiger partial charge is 0.408 e. The Kier molecular flexibility index (Phi) is 7.41. The summed E-state index contributed by atoms with van der Waals surface area (Å²) in [4.78, 5) is 22.7. The molecule has 0 heterocycles. The monoisotopic (exact) mass is 305 g/mol. The molecule has 0 saturated carbocycles. The van der Waals surface area contributed by atoms with Crippen LogP contribution in [0.25, 0.3) is 0 Å². The van der Waals surface area contributed by atoms with Crippen LogP contribution in [0.3, 0.4) is 0 Å². The van der Waals surface area contributed by atoms with Crippen molar-refractivity contribution in [2.24, 2.45) is 5.41 Å². The van der Waals surface area contributed by atoms with Gasteiger partial charge in [0.25, 0.3) is 0 Å². The normalized spacial score (nSPS) is 13.7. The van der Waals surface area contributed by atoms with Gasteiger partial charge in [-0.1, -0.05) is 20.8 Å². The Balaban J connectivity index is 4.18. The molecule has 0 aromatic heterocycles. The summed E-state index contributed by atoms with van der Waals surface area (Å²) in [7, 11) is 0. The van der Waals surface area contributed by atoms with Crippen molar-refractivity contribution >= 4 is 23.8 Å². The molecule has 118 valence electrons. The number of carboxylic acids is 1. The molecular weight excluding hydrogens is 278 g/mol. The number of aliphatic carboxylic acids is 1. The number of carboxylic acid groups (broad SMARTS) is 1. The zero-order valence-electron chi connectivity index (χ0n) is 13.3. The molecular formula is C14H27NO4S. The molecule has 1 unspecified atom stereocenters. The molecule has 0 rings (SSSR count). The fraction of sp³-hybridized carbons (Fsp3) is 0.857. The van der Waals surface area contributed by atoms with E-state index in [1.54, 1.807) is 20.8 Å². The van der Waals surface area contributed by atoms with Gasteiger partial charge in [0.15, 0.2) is 0 Å². The van der Waals surface area contributed by atoms with Crippen molar-refractivity contribution in [2.75, 3.05) is 11.5 Å². The van der Waals surface area contributed by atoms with E-state index < -0.39 is 23.7 Å². The van der Waals surface area contributed by atoms with Crippen LogP contribution in [0.2, 0.25) is 0 Å². The lowest BCUT2D eigenvalue weighted by Gasteiger charge is -2.22. The third-order valence-electron chi connectivity index (χ3n) is 2.27. The molecule has 5 nitrogen and oxygen atoms in total. The van der Waals surface area contributed by atoms with E-state index in [0.717, 1.165) is 12.2 Å². The van der Waals surface area contributed by atoms with Crippen molar-refractivity contribution in [3.8, 4) is 0 Å². The summed E-state index contributed by atoms with van der Waals surface area (Å²) >= 11 is 1.53. The molecule has 0 saturated heterocycles. The van der Waals surface area contributed by atoms with E-state index in [1.807, 2.05) is 0 Å². The Morgan fingerprint density at radius 2 is 1.75 bits per heavy atom. The summed E-state index contributed by atoms with van der Waals surface area (Å²) in [6, 6.07) is -0.921. The molecule has 20 heavy (non-hydrogen) atoms. The largest absolute Gasteiger partial charge is 0.480 e. The van der Waals surface area contributed by atoms with Gasteiger partial charge in [-0.25, -0.2) is 9.59 Å². The Labute approximate surface area is 125 Å². The first-order valence-electron chi connectivity index (χ1n) is 6.71. The number of nitrogens with one attached hydrogen (secondary N) is 1. The summed E-state index contributed by atoms with van der Waals surface area (Å²) in [5.41, 5.74) is -0.406. The van der Waals surface area contributed by atoms with Gasteiger partial charge in [0.2, 0.25) is 0 Å². The Morgan fingerprint density at radius 3 is 2.15 bits per heavy atom. The van der Waals surface area contributed by atoms with Crippen LogP contribution in [0, 0.1) is 5.41 Å². The second kappa shape index (κ2) is 7.76. The topological polar surface area (TPSA) is 75.6 Å². The molecule has 0 aliphatic carbocycles. The van der Waals surface area contributed by atoms with Crippen LogP contribution < -0.4 is 5.32 Å². The fourth-order valence-corrected chi connectivity index (χ4v) is 2.59. The van der Waals surface area contributed by atoms with E-state index in [0.29, 0.717) is 5.75 Å². The van der Waals surface area contributed by atoms with Crippen LogP contribution in [0.15, 0.2) is 0 Å². The number of hydrogen-bond acceptors (Lipinski definition) is 4. The van der Waals surface area contributed by atoms with Crippen LogP contribution in [0.4, 0.5) is 4.79 Å². The van der Waals surface area contributed by atoms with E-state index in [1.165, 1.54) is 11.8 Å². The first kappa shape index (κ1) is 19.1. The fourth-order valence-electron chi connectivity index (χ4n) is 1.20. The summed E-state index contributed by atoms with van der Waals surface area (Å²) < 4.78 is 5.06. The van der Waals surface area contributed by atoms with Crippen molar-refractivity contribution in [3.63, 3.8) is 0 Å². The van der Waals surface area contributed by atoms with Crippen LogP contribution in [0.5, 0.6) is 0 Å². The van der Waals surface area contributed by atoms with Crippen LogP contribution in [-0.2, 0) is 9.53 Å². The maximum Gasteiger partial charge on any atom is 0.408 e. The quantitative estimate of drug-likeness (QED) is 0.737. The van der Waals surface area contributed by atoms with E-state index in [2.05, 4.69) is 26.1 Å². The molecule has 0 aliphatic heterocycles. The van der Waals surface area contributed by atoms with Crippen molar-refractivity contribution < 1.29 is 19.4 Å². The zero-order valence-corrected chi connectivity index (χ0v) is 14.1. The number of amides is 1. The van der Waals surface area contributed by atoms with Crippen molar-refractivity contribution in [3.05, 3.63) is 0 Å². The number of ether oxygens (including phenoxy) is 1.